The number of hydrogen-bond acceptors (Lipinski definition) is 3. The topological polar surface area (TPSA) is 54.0 Å². The van der Waals surface area contributed by atoms with E-state index in [1.165, 1.54) is 12.3 Å². The molecule has 0 aliphatic rings. The van der Waals surface area contributed by atoms with Crippen molar-refractivity contribution in [1.82, 2.24) is 10.3 Å². The van der Waals surface area contributed by atoms with Crippen molar-refractivity contribution in [1.29, 1.82) is 0 Å². The Morgan fingerprint density at radius 3 is 2.63 bits per heavy atom. The molecule has 0 radical (unpaired) electrons. The maximum absolute atomic E-state index is 13.4. The number of carbonyl (C=O) groups is 1. The Balaban J connectivity index is 2.09. The molecule has 2 N–H and O–H groups in total. The Kier molecular flexibility index (Phi) is 4.20. The number of rotatable bonds is 4. The largest absolute Gasteiger partial charge is 0.322 e. The summed E-state index contributed by atoms with van der Waals surface area (Å²) >= 11 is 0. The van der Waals surface area contributed by atoms with E-state index in [-0.39, 0.29) is 5.56 Å². The summed E-state index contributed by atoms with van der Waals surface area (Å²) < 4.78 is 13.4. The van der Waals surface area contributed by atoms with Crippen LogP contribution < -0.4 is 10.6 Å². The second-order valence-corrected chi connectivity index (χ2v) is 4.04. The molecule has 98 valence electrons. The number of hydrogen-bond donors (Lipinski definition) is 2. The summed E-state index contributed by atoms with van der Waals surface area (Å²) in [4.78, 5) is 15.5. The fourth-order valence-electron chi connectivity index (χ4n) is 1.67. The third kappa shape index (κ3) is 3.35. The molecule has 0 bridgehead atoms. The number of nitrogens with zero attached hydrogens (tertiary/aromatic N) is 1. The van der Waals surface area contributed by atoms with Gasteiger partial charge in [-0.1, -0.05) is 12.1 Å². The third-order valence-corrected chi connectivity index (χ3v) is 2.61. The van der Waals surface area contributed by atoms with Gasteiger partial charge in [0.1, 0.15) is 0 Å². The van der Waals surface area contributed by atoms with Crippen LogP contribution in [0.4, 0.5) is 10.1 Å². The Morgan fingerprint density at radius 1 is 1.26 bits per heavy atom. The van der Waals surface area contributed by atoms with Gasteiger partial charge in [-0.15, -0.1) is 0 Å². The van der Waals surface area contributed by atoms with Crippen LogP contribution in [0, 0.1) is 5.82 Å². The van der Waals surface area contributed by atoms with Crippen molar-refractivity contribution in [3.8, 4) is 0 Å². The molecule has 19 heavy (non-hydrogen) atoms. The number of halogens is 1. The second-order valence-electron chi connectivity index (χ2n) is 4.04. The first kappa shape index (κ1) is 13.2. The number of benzene rings is 1. The van der Waals surface area contributed by atoms with Gasteiger partial charge in [-0.05, 0) is 30.8 Å². The van der Waals surface area contributed by atoms with E-state index < -0.39 is 11.7 Å². The number of pyridine rings is 1. The van der Waals surface area contributed by atoms with Gasteiger partial charge in [0.05, 0.1) is 11.8 Å². The highest BCUT2D eigenvalue weighted by Gasteiger charge is 2.11. The molecule has 4 nitrogen and oxygen atoms in total. The normalized spacial score (nSPS) is 10.2. The number of aromatic nitrogens is 1. The fraction of sp³-hybridized carbons (Fsp3) is 0.143. The van der Waals surface area contributed by atoms with Crippen molar-refractivity contribution in [3.63, 3.8) is 0 Å². The minimum Gasteiger partial charge on any atom is -0.322 e. The van der Waals surface area contributed by atoms with Crippen molar-refractivity contribution in [2.75, 3.05) is 12.4 Å². The molecule has 0 spiro atoms. The van der Waals surface area contributed by atoms with E-state index in [9.17, 15) is 9.18 Å². The van der Waals surface area contributed by atoms with E-state index in [0.29, 0.717) is 5.69 Å². The third-order valence-electron chi connectivity index (χ3n) is 2.61. The van der Waals surface area contributed by atoms with Gasteiger partial charge in [0.15, 0.2) is 5.82 Å². The molecule has 1 amide bonds. The highest BCUT2D eigenvalue weighted by molar-refractivity contribution is 6.04. The van der Waals surface area contributed by atoms with Gasteiger partial charge in [0.25, 0.3) is 5.91 Å². The van der Waals surface area contributed by atoms with Gasteiger partial charge >= 0.3 is 0 Å². The molecule has 5 heteroatoms. The lowest BCUT2D eigenvalue weighted by Gasteiger charge is -2.07. The van der Waals surface area contributed by atoms with Crippen LogP contribution in [-0.2, 0) is 6.54 Å². The van der Waals surface area contributed by atoms with E-state index in [1.54, 1.807) is 12.1 Å². The average Bonchev–Trinajstić information content (AvgIpc) is 2.42. The van der Waals surface area contributed by atoms with E-state index in [1.807, 2.05) is 19.2 Å². The molecule has 1 aromatic carbocycles. The van der Waals surface area contributed by atoms with Crippen LogP contribution >= 0.6 is 0 Å². The highest BCUT2D eigenvalue weighted by atomic mass is 19.1. The van der Waals surface area contributed by atoms with Crippen LogP contribution in [0.2, 0.25) is 0 Å². The molecule has 1 heterocycles. The van der Waals surface area contributed by atoms with Crippen LogP contribution in [0.5, 0.6) is 0 Å². The van der Waals surface area contributed by atoms with Crippen LogP contribution in [0.25, 0.3) is 0 Å². The number of anilines is 1. The second kappa shape index (κ2) is 6.06. The number of carbonyl (C=O) groups excluding carboxylic acids is 1. The van der Waals surface area contributed by atoms with Crippen LogP contribution in [-0.4, -0.2) is 17.9 Å². The minimum atomic E-state index is -0.633. The minimum absolute atomic E-state index is 0.0192. The zero-order valence-corrected chi connectivity index (χ0v) is 10.5. The number of nitrogens with one attached hydrogen (secondary N) is 2. The summed E-state index contributed by atoms with van der Waals surface area (Å²) in [5.41, 5.74) is 1.71. The summed E-state index contributed by atoms with van der Waals surface area (Å²) in [6.07, 6.45) is 2.40. The molecule has 0 aliphatic heterocycles. The first-order chi connectivity index (χ1) is 9.20. The van der Waals surface area contributed by atoms with E-state index in [4.69, 9.17) is 0 Å². The van der Waals surface area contributed by atoms with Crippen LogP contribution in [0.15, 0.2) is 42.7 Å². The molecule has 0 unspecified atom stereocenters. The Morgan fingerprint density at radius 2 is 2.00 bits per heavy atom. The van der Waals surface area contributed by atoms with E-state index >= 15 is 0 Å². The summed E-state index contributed by atoms with van der Waals surface area (Å²) in [7, 11) is 1.86. The fourth-order valence-corrected chi connectivity index (χ4v) is 1.67. The van der Waals surface area contributed by atoms with Crippen molar-refractivity contribution in [2.24, 2.45) is 0 Å². The molecular formula is C14H14FN3O. The molecule has 0 saturated heterocycles. The van der Waals surface area contributed by atoms with Crippen molar-refractivity contribution >= 4 is 11.6 Å². The van der Waals surface area contributed by atoms with Crippen molar-refractivity contribution in [3.05, 3.63) is 59.7 Å². The monoisotopic (exact) mass is 259 g/mol. The maximum atomic E-state index is 13.4. The van der Waals surface area contributed by atoms with Gasteiger partial charge in [0, 0.05) is 18.4 Å². The lowest BCUT2D eigenvalue weighted by molar-refractivity contribution is 0.102. The lowest BCUT2D eigenvalue weighted by Crippen LogP contribution is -2.14. The Hall–Kier alpha value is -2.27. The first-order valence-corrected chi connectivity index (χ1v) is 5.85. The van der Waals surface area contributed by atoms with Gasteiger partial charge in [-0.2, -0.15) is 0 Å². The zero-order chi connectivity index (χ0) is 13.7. The SMILES string of the molecule is CNCc1ccc(NC(=O)c2ccncc2F)cc1. The zero-order valence-electron chi connectivity index (χ0n) is 10.5. The van der Waals surface area contributed by atoms with E-state index in [2.05, 4.69) is 15.6 Å². The summed E-state index contributed by atoms with van der Waals surface area (Å²) in [5.74, 6) is -1.12. The van der Waals surface area contributed by atoms with Gasteiger partial charge in [0.2, 0.25) is 0 Å². The molecule has 0 fully saturated rings. The Labute approximate surface area is 110 Å². The molecular weight excluding hydrogens is 245 g/mol. The maximum Gasteiger partial charge on any atom is 0.258 e. The van der Waals surface area contributed by atoms with Crippen LogP contribution in [0.1, 0.15) is 15.9 Å². The van der Waals surface area contributed by atoms with Crippen molar-refractivity contribution < 1.29 is 9.18 Å². The van der Waals surface area contributed by atoms with Crippen molar-refractivity contribution in [2.45, 2.75) is 6.54 Å². The lowest BCUT2D eigenvalue weighted by atomic mass is 10.2. The average molecular weight is 259 g/mol. The summed E-state index contributed by atoms with van der Waals surface area (Å²) in [5, 5.41) is 5.67. The molecule has 1 aromatic heterocycles. The molecule has 0 saturated carbocycles. The van der Waals surface area contributed by atoms with Gasteiger partial charge < -0.3 is 10.6 Å². The first-order valence-electron chi connectivity index (χ1n) is 5.85. The molecule has 2 aromatic rings. The smallest absolute Gasteiger partial charge is 0.258 e. The number of amides is 1. The Bertz CT molecular complexity index is 569. The van der Waals surface area contributed by atoms with Crippen LogP contribution in [0.3, 0.4) is 0 Å². The van der Waals surface area contributed by atoms with E-state index in [0.717, 1.165) is 18.3 Å². The predicted molar refractivity (Wildman–Crippen MR) is 71.4 cm³/mol. The quantitative estimate of drug-likeness (QED) is 0.885. The molecule has 0 aliphatic carbocycles. The highest BCUT2D eigenvalue weighted by Crippen LogP contribution is 2.12. The van der Waals surface area contributed by atoms with Gasteiger partial charge in [-0.25, -0.2) is 4.39 Å². The summed E-state index contributed by atoms with van der Waals surface area (Å²) in [6, 6.07) is 8.71. The standard InChI is InChI=1S/C14H14FN3O/c1-16-8-10-2-4-11(5-3-10)18-14(19)12-6-7-17-9-13(12)15/h2-7,9,16H,8H2,1H3,(H,18,19). The molecule has 2 rings (SSSR count). The van der Waals surface area contributed by atoms with Gasteiger partial charge in [-0.3, -0.25) is 9.78 Å². The predicted octanol–water partition coefficient (Wildman–Crippen LogP) is 2.19. The summed E-state index contributed by atoms with van der Waals surface area (Å²) in [6.45, 7) is 0.757. The molecule has 0 atom stereocenters.